The van der Waals surface area contributed by atoms with Gasteiger partial charge in [-0.3, -0.25) is 10.4 Å². The maximum Gasteiger partial charge on any atom is 0.124 e. The summed E-state index contributed by atoms with van der Waals surface area (Å²) in [5.41, 5.74) is 14.7. The lowest BCUT2D eigenvalue weighted by atomic mass is 10.0. The molecule has 5 N–H and O–H groups in total. The third kappa shape index (κ3) is 2.15. The monoisotopic (exact) mass is 260 g/mol. The van der Waals surface area contributed by atoms with E-state index in [1.807, 2.05) is 13.0 Å². The molecule has 0 atom stereocenters. The molecule has 18 heavy (non-hydrogen) atoms. The number of hydrogen-bond acceptors (Lipinski definition) is 3. The van der Waals surface area contributed by atoms with Crippen molar-refractivity contribution < 1.29 is 0 Å². The van der Waals surface area contributed by atoms with Crippen LogP contribution in [0.15, 0.2) is 30.5 Å². The van der Waals surface area contributed by atoms with E-state index < -0.39 is 0 Å². The van der Waals surface area contributed by atoms with Crippen molar-refractivity contribution in [3.8, 4) is 11.3 Å². The molecule has 0 aliphatic rings. The highest BCUT2D eigenvalue weighted by Gasteiger charge is 2.11. The van der Waals surface area contributed by atoms with Gasteiger partial charge in [-0.25, -0.2) is 0 Å². The average molecular weight is 261 g/mol. The van der Waals surface area contributed by atoms with Crippen LogP contribution in [0.2, 0.25) is 5.02 Å². The predicted molar refractivity (Wildman–Crippen MR) is 74.8 cm³/mol. The number of benzene rings is 1. The molecule has 0 aliphatic carbocycles. The number of anilines is 1. The number of nitrogens with zero attached hydrogens (tertiary/aromatic N) is 1. The lowest BCUT2D eigenvalue weighted by molar-refractivity contribution is 1.31. The molecule has 5 heteroatoms. The van der Waals surface area contributed by atoms with Gasteiger partial charge in [-0.1, -0.05) is 11.6 Å². The number of aryl methyl sites for hydroxylation is 1. The van der Waals surface area contributed by atoms with Crippen LogP contribution in [0.5, 0.6) is 0 Å². The molecule has 0 radical (unpaired) electrons. The number of hydrogen-bond donors (Lipinski definition) is 3. The number of pyridine rings is 1. The summed E-state index contributed by atoms with van der Waals surface area (Å²) in [4.78, 5) is 4.24. The van der Waals surface area contributed by atoms with Crippen LogP contribution in [0.25, 0.3) is 11.3 Å². The van der Waals surface area contributed by atoms with Crippen molar-refractivity contribution in [3.63, 3.8) is 0 Å². The van der Waals surface area contributed by atoms with E-state index in [2.05, 4.69) is 4.98 Å². The Morgan fingerprint density at radius 1 is 1.39 bits per heavy atom. The molecule has 0 spiro atoms. The zero-order valence-corrected chi connectivity index (χ0v) is 10.6. The summed E-state index contributed by atoms with van der Waals surface area (Å²) in [6.45, 7) is 1.86. The Labute approximate surface area is 110 Å². The first-order valence-electron chi connectivity index (χ1n) is 5.36. The van der Waals surface area contributed by atoms with E-state index in [-0.39, 0.29) is 5.84 Å². The summed E-state index contributed by atoms with van der Waals surface area (Å²) >= 11 is 6.10. The summed E-state index contributed by atoms with van der Waals surface area (Å²) < 4.78 is 0. The average Bonchev–Trinajstić information content (AvgIpc) is 2.33. The Balaban J connectivity index is 2.67. The van der Waals surface area contributed by atoms with Gasteiger partial charge in [-0.15, -0.1) is 0 Å². The van der Waals surface area contributed by atoms with Gasteiger partial charge in [0.1, 0.15) is 5.84 Å². The van der Waals surface area contributed by atoms with Crippen LogP contribution in [0.3, 0.4) is 0 Å². The van der Waals surface area contributed by atoms with Crippen LogP contribution in [0.4, 0.5) is 5.69 Å². The van der Waals surface area contributed by atoms with Crippen LogP contribution in [-0.2, 0) is 0 Å². The third-order valence-electron chi connectivity index (χ3n) is 2.71. The fourth-order valence-corrected chi connectivity index (χ4v) is 1.99. The second-order valence-electron chi connectivity index (χ2n) is 4.00. The number of nitrogens with one attached hydrogen (secondary N) is 1. The third-order valence-corrected chi connectivity index (χ3v) is 3.01. The van der Waals surface area contributed by atoms with Crippen molar-refractivity contribution in [1.29, 1.82) is 5.41 Å². The predicted octanol–water partition coefficient (Wildman–Crippen LogP) is 2.58. The first-order valence-corrected chi connectivity index (χ1v) is 5.74. The number of rotatable bonds is 2. The van der Waals surface area contributed by atoms with Crippen LogP contribution in [0.1, 0.15) is 11.1 Å². The van der Waals surface area contributed by atoms with Gasteiger partial charge in [0.05, 0.1) is 10.7 Å². The van der Waals surface area contributed by atoms with E-state index in [4.69, 9.17) is 28.5 Å². The highest BCUT2D eigenvalue weighted by molar-refractivity contribution is 6.33. The first kappa shape index (κ1) is 12.4. The molecule has 0 saturated heterocycles. The van der Waals surface area contributed by atoms with Crippen LogP contribution in [-0.4, -0.2) is 10.8 Å². The lowest BCUT2D eigenvalue weighted by Gasteiger charge is -2.11. The SMILES string of the molecule is Cc1cc(-c2ncccc2Cl)cc(C(=N)N)c1N. The quantitative estimate of drug-likeness (QED) is 0.440. The molecule has 0 amide bonds. The number of nitrogens with two attached hydrogens (primary N) is 2. The molecule has 2 aromatic rings. The van der Waals surface area contributed by atoms with Gasteiger partial charge < -0.3 is 11.5 Å². The zero-order valence-electron chi connectivity index (χ0n) is 9.87. The molecule has 1 heterocycles. The second-order valence-corrected chi connectivity index (χ2v) is 4.41. The summed E-state index contributed by atoms with van der Waals surface area (Å²) in [6.07, 6.45) is 1.67. The minimum Gasteiger partial charge on any atom is -0.398 e. The highest BCUT2D eigenvalue weighted by Crippen LogP contribution is 2.29. The summed E-state index contributed by atoms with van der Waals surface area (Å²) in [6, 6.07) is 7.15. The maximum absolute atomic E-state index is 7.53. The fraction of sp³-hybridized carbons (Fsp3) is 0.0769. The van der Waals surface area contributed by atoms with E-state index >= 15 is 0 Å². The van der Waals surface area contributed by atoms with Crippen LogP contribution >= 0.6 is 11.6 Å². The van der Waals surface area contributed by atoms with Crippen molar-refractivity contribution in [3.05, 3.63) is 46.6 Å². The van der Waals surface area contributed by atoms with Crippen molar-refractivity contribution in [2.75, 3.05) is 5.73 Å². The van der Waals surface area contributed by atoms with Crippen molar-refractivity contribution in [2.24, 2.45) is 5.73 Å². The Hall–Kier alpha value is -2.07. The largest absolute Gasteiger partial charge is 0.398 e. The first-order chi connectivity index (χ1) is 8.50. The lowest BCUT2D eigenvalue weighted by Crippen LogP contribution is -2.14. The molecule has 1 aromatic heterocycles. The van der Waals surface area contributed by atoms with E-state index in [1.54, 1.807) is 24.4 Å². The molecule has 1 aromatic carbocycles. The number of nitrogen functional groups attached to an aromatic ring is 2. The molecule has 0 saturated carbocycles. The Morgan fingerprint density at radius 3 is 2.72 bits per heavy atom. The van der Waals surface area contributed by atoms with E-state index in [0.29, 0.717) is 22.0 Å². The normalized spacial score (nSPS) is 10.3. The number of amidine groups is 1. The van der Waals surface area contributed by atoms with Crippen molar-refractivity contribution in [1.82, 2.24) is 4.98 Å². The van der Waals surface area contributed by atoms with Crippen molar-refractivity contribution >= 4 is 23.1 Å². The summed E-state index contributed by atoms with van der Waals surface area (Å²) in [7, 11) is 0. The van der Waals surface area contributed by atoms with Crippen molar-refractivity contribution in [2.45, 2.75) is 6.92 Å². The molecule has 2 rings (SSSR count). The topological polar surface area (TPSA) is 88.8 Å². The summed E-state index contributed by atoms with van der Waals surface area (Å²) in [5.74, 6) is -0.0653. The Bertz CT molecular complexity index is 622. The molecule has 0 unspecified atom stereocenters. The minimum absolute atomic E-state index is 0.0653. The van der Waals surface area contributed by atoms with E-state index in [1.165, 1.54) is 0 Å². The molecule has 0 fully saturated rings. The van der Waals surface area contributed by atoms with Gasteiger partial charge >= 0.3 is 0 Å². The van der Waals surface area contributed by atoms with Gasteiger partial charge in [0.15, 0.2) is 0 Å². The van der Waals surface area contributed by atoms with Gasteiger partial charge in [-0.05, 0) is 36.8 Å². The number of aromatic nitrogens is 1. The fourth-order valence-electron chi connectivity index (χ4n) is 1.76. The standard InChI is InChI=1S/C13H13ClN4/c1-7-5-8(6-9(11(7)15)13(16)17)12-10(14)3-2-4-18-12/h2-6H,15H2,1H3,(H3,16,17). The minimum atomic E-state index is -0.0653. The molecule has 0 bridgehead atoms. The molecule has 4 nitrogen and oxygen atoms in total. The Kier molecular flexibility index (Phi) is 3.21. The van der Waals surface area contributed by atoms with Gasteiger partial charge in [-0.2, -0.15) is 0 Å². The molecular weight excluding hydrogens is 248 g/mol. The van der Waals surface area contributed by atoms with Crippen LogP contribution < -0.4 is 11.5 Å². The smallest absolute Gasteiger partial charge is 0.124 e. The summed E-state index contributed by atoms with van der Waals surface area (Å²) in [5, 5.41) is 8.08. The zero-order chi connectivity index (χ0) is 13.3. The highest BCUT2D eigenvalue weighted by atomic mass is 35.5. The Morgan fingerprint density at radius 2 is 2.11 bits per heavy atom. The molecule has 92 valence electrons. The van der Waals surface area contributed by atoms with E-state index in [0.717, 1.165) is 11.1 Å². The van der Waals surface area contributed by atoms with Gasteiger partial charge in [0.2, 0.25) is 0 Å². The molecule has 0 aliphatic heterocycles. The van der Waals surface area contributed by atoms with Crippen LogP contribution in [0, 0.1) is 12.3 Å². The second kappa shape index (κ2) is 4.66. The molecular formula is C13H13ClN4. The van der Waals surface area contributed by atoms with Gasteiger partial charge in [0, 0.05) is 23.0 Å². The number of halogens is 1. The van der Waals surface area contributed by atoms with Gasteiger partial charge in [0.25, 0.3) is 0 Å². The van der Waals surface area contributed by atoms with E-state index in [9.17, 15) is 0 Å². The maximum atomic E-state index is 7.53.